The Bertz CT molecular complexity index is 724. The number of amides is 1. The van der Waals surface area contributed by atoms with E-state index < -0.39 is 11.9 Å². The maximum absolute atomic E-state index is 12.7. The average Bonchev–Trinajstić information content (AvgIpc) is 3.31. The van der Waals surface area contributed by atoms with E-state index in [2.05, 4.69) is 10.3 Å². The maximum Gasteiger partial charge on any atom is 0.308 e. The van der Waals surface area contributed by atoms with E-state index in [9.17, 15) is 9.59 Å². The zero-order valence-electron chi connectivity index (χ0n) is 13.5. The predicted octanol–water partition coefficient (Wildman–Crippen LogP) is 1.65. The van der Waals surface area contributed by atoms with Gasteiger partial charge in [-0.05, 0) is 18.4 Å². The van der Waals surface area contributed by atoms with Crippen LogP contribution in [0.5, 0.6) is 0 Å². The molecule has 24 heavy (non-hydrogen) atoms. The first-order chi connectivity index (χ1) is 11.5. The molecule has 1 aromatic carbocycles. The Morgan fingerprint density at radius 2 is 2.04 bits per heavy atom. The van der Waals surface area contributed by atoms with Gasteiger partial charge in [0.15, 0.2) is 5.69 Å². The highest BCUT2D eigenvalue weighted by Gasteiger charge is 2.35. The van der Waals surface area contributed by atoms with Gasteiger partial charge in [0.25, 0.3) is 5.91 Å². The maximum atomic E-state index is 12.7. The molecule has 1 fully saturated rings. The van der Waals surface area contributed by atoms with Crippen LogP contribution in [0.3, 0.4) is 0 Å². The predicted molar refractivity (Wildman–Crippen MR) is 86.4 cm³/mol. The molecule has 0 aliphatic heterocycles. The fourth-order valence-corrected chi connectivity index (χ4v) is 2.55. The molecular weight excluding hydrogens is 308 g/mol. The Hall–Kier alpha value is -2.70. The lowest BCUT2D eigenvalue weighted by Crippen LogP contribution is -2.38. The third-order valence-corrected chi connectivity index (χ3v) is 4.09. The normalized spacial score (nSPS) is 15.0. The number of benzene rings is 1. The molecule has 1 heterocycles. The SMILES string of the molecule is CC(CN(C(=O)c1cn(Cc2ccccc2)nn1)C1CC1)C(=O)O. The molecule has 7 heteroatoms. The van der Waals surface area contributed by atoms with Gasteiger partial charge >= 0.3 is 5.97 Å². The largest absolute Gasteiger partial charge is 0.481 e. The molecular formula is C17H20N4O3. The summed E-state index contributed by atoms with van der Waals surface area (Å²) in [5, 5.41) is 17.1. The van der Waals surface area contributed by atoms with E-state index in [0.29, 0.717) is 6.54 Å². The van der Waals surface area contributed by atoms with Crippen molar-refractivity contribution in [2.75, 3.05) is 6.54 Å². The number of nitrogens with zero attached hydrogens (tertiary/aromatic N) is 4. The van der Waals surface area contributed by atoms with E-state index in [0.717, 1.165) is 18.4 Å². The van der Waals surface area contributed by atoms with Crippen LogP contribution < -0.4 is 0 Å². The van der Waals surface area contributed by atoms with Crippen LogP contribution in [0.4, 0.5) is 0 Å². The van der Waals surface area contributed by atoms with Crippen LogP contribution in [0.1, 0.15) is 35.8 Å². The van der Waals surface area contributed by atoms with E-state index in [4.69, 9.17) is 5.11 Å². The minimum atomic E-state index is -0.902. The van der Waals surface area contributed by atoms with Crippen molar-refractivity contribution >= 4 is 11.9 Å². The summed E-state index contributed by atoms with van der Waals surface area (Å²) in [5.74, 6) is -1.75. The van der Waals surface area contributed by atoms with E-state index >= 15 is 0 Å². The van der Waals surface area contributed by atoms with E-state index in [-0.39, 0.29) is 24.2 Å². The van der Waals surface area contributed by atoms with Crippen molar-refractivity contribution < 1.29 is 14.7 Å². The zero-order valence-corrected chi connectivity index (χ0v) is 13.5. The molecule has 1 saturated carbocycles. The fourth-order valence-electron chi connectivity index (χ4n) is 2.55. The van der Waals surface area contributed by atoms with Crippen molar-refractivity contribution in [1.29, 1.82) is 0 Å². The molecule has 3 rings (SSSR count). The second-order valence-electron chi connectivity index (χ2n) is 6.21. The molecule has 1 amide bonds. The van der Waals surface area contributed by atoms with Gasteiger partial charge in [0.1, 0.15) is 0 Å². The summed E-state index contributed by atoms with van der Waals surface area (Å²) in [6.45, 7) is 2.34. The summed E-state index contributed by atoms with van der Waals surface area (Å²) >= 11 is 0. The molecule has 126 valence electrons. The van der Waals surface area contributed by atoms with E-state index in [1.54, 1.807) is 22.7 Å². The molecule has 0 radical (unpaired) electrons. The second-order valence-corrected chi connectivity index (χ2v) is 6.21. The van der Waals surface area contributed by atoms with Gasteiger partial charge in [0.05, 0.1) is 18.7 Å². The molecule has 1 N–H and O–H groups in total. The van der Waals surface area contributed by atoms with E-state index in [1.807, 2.05) is 30.3 Å². The smallest absolute Gasteiger partial charge is 0.308 e. The highest BCUT2D eigenvalue weighted by molar-refractivity contribution is 5.92. The quantitative estimate of drug-likeness (QED) is 0.835. The summed E-state index contributed by atoms with van der Waals surface area (Å²) in [4.78, 5) is 25.4. The Balaban J connectivity index is 1.70. The first-order valence-corrected chi connectivity index (χ1v) is 8.02. The van der Waals surface area contributed by atoms with Crippen LogP contribution in [0.2, 0.25) is 0 Å². The number of carbonyl (C=O) groups excluding carboxylic acids is 1. The van der Waals surface area contributed by atoms with Gasteiger partial charge in [-0.25, -0.2) is 4.68 Å². The van der Waals surface area contributed by atoms with Gasteiger partial charge in [0, 0.05) is 12.6 Å². The van der Waals surface area contributed by atoms with Gasteiger partial charge in [-0.3, -0.25) is 9.59 Å². The van der Waals surface area contributed by atoms with Gasteiger partial charge in [0.2, 0.25) is 0 Å². The summed E-state index contributed by atoms with van der Waals surface area (Å²) in [6, 6.07) is 9.92. The standard InChI is InChI=1S/C17H20N4O3/c1-12(17(23)24)9-21(14-7-8-14)16(22)15-11-20(19-18-15)10-13-5-3-2-4-6-13/h2-6,11-12,14H,7-10H2,1H3,(H,23,24). The Morgan fingerprint density at radius 3 is 2.67 bits per heavy atom. The number of rotatable bonds is 7. The van der Waals surface area contributed by atoms with Gasteiger partial charge in [-0.2, -0.15) is 0 Å². The lowest BCUT2D eigenvalue weighted by Gasteiger charge is -2.23. The molecule has 1 unspecified atom stereocenters. The number of carbonyl (C=O) groups is 2. The summed E-state index contributed by atoms with van der Waals surface area (Å²) in [5.41, 5.74) is 1.33. The van der Waals surface area contributed by atoms with Crippen LogP contribution in [0, 0.1) is 5.92 Å². The number of hydrogen-bond donors (Lipinski definition) is 1. The number of aliphatic carboxylic acids is 1. The van der Waals surface area contributed by atoms with Crippen LogP contribution in [0.25, 0.3) is 0 Å². The number of aromatic nitrogens is 3. The third-order valence-electron chi connectivity index (χ3n) is 4.09. The lowest BCUT2D eigenvalue weighted by molar-refractivity contribution is -0.141. The topological polar surface area (TPSA) is 88.3 Å². The Morgan fingerprint density at radius 1 is 1.33 bits per heavy atom. The van der Waals surface area contributed by atoms with E-state index in [1.165, 1.54) is 0 Å². The number of carboxylic acid groups (broad SMARTS) is 1. The molecule has 1 atom stereocenters. The summed E-state index contributed by atoms with van der Waals surface area (Å²) in [6.07, 6.45) is 3.45. The minimum absolute atomic E-state index is 0.124. The number of hydrogen-bond acceptors (Lipinski definition) is 4. The highest BCUT2D eigenvalue weighted by Crippen LogP contribution is 2.28. The van der Waals surface area contributed by atoms with Crippen LogP contribution >= 0.6 is 0 Å². The summed E-state index contributed by atoms with van der Waals surface area (Å²) < 4.78 is 1.62. The Labute approximate surface area is 139 Å². The van der Waals surface area contributed by atoms with Gasteiger partial charge in [-0.1, -0.05) is 42.5 Å². The molecule has 1 aliphatic carbocycles. The molecule has 1 aromatic heterocycles. The highest BCUT2D eigenvalue weighted by atomic mass is 16.4. The molecule has 7 nitrogen and oxygen atoms in total. The van der Waals surface area contributed by atoms with Crippen molar-refractivity contribution in [2.45, 2.75) is 32.4 Å². The van der Waals surface area contributed by atoms with Crippen molar-refractivity contribution in [1.82, 2.24) is 19.9 Å². The van der Waals surface area contributed by atoms with Crippen molar-refractivity contribution in [3.05, 3.63) is 47.8 Å². The second kappa shape index (κ2) is 6.82. The number of carboxylic acids is 1. The monoisotopic (exact) mass is 328 g/mol. The van der Waals surface area contributed by atoms with Crippen LogP contribution in [-0.2, 0) is 11.3 Å². The lowest BCUT2D eigenvalue weighted by atomic mass is 10.1. The molecule has 0 saturated heterocycles. The van der Waals surface area contributed by atoms with Crippen molar-refractivity contribution in [3.8, 4) is 0 Å². The van der Waals surface area contributed by atoms with Crippen molar-refractivity contribution in [3.63, 3.8) is 0 Å². The van der Waals surface area contributed by atoms with Gasteiger partial charge in [-0.15, -0.1) is 5.10 Å². The van der Waals surface area contributed by atoms with Crippen molar-refractivity contribution in [2.24, 2.45) is 5.92 Å². The zero-order chi connectivity index (χ0) is 17.1. The molecule has 1 aliphatic rings. The molecule has 2 aromatic rings. The fraction of sp³-hybridized carbons (Fsp3) is 0.412. The first kappa shape index (κ1) is 16.2. The average molecular weight is 328 g/mol. The Kier molecular flexibility index (Phi) is 4.59. The first-order valence-electron chi connectivity index (χ1n) is 8.02. The minimum Gasteiger partial charge on any atom is -0.481 e. The van der Waals surface area contributed by atoms with Crippen LogP contribution in [-0.4, -0.2) is 49.5 Å². The van der Waals surface area contributed by atoms with Gasteiger partial charge < -0.3 is 10.0 Å². The molecule has 0 spiro atoms. The van der Waals surface area contributed by atoms with Crippen LogP contribution in [0.15, 0.2) is 36.5 Å². The molecule has 0 bridgehead atoms. The summed E-state index contributed by atoms with van der Waals surface area (Å²) in [7, 11) is 0. The third kappa shape index (κ3) is 3.79.